The Balaban J connectivity index is 0.000000128. The van der Waals surface area contributed by atoms with Crippen molar-refractivity contribution in [2.24, 2.45) is 0 Å². The molecular weight excluding hydrogens is 1040 g/mol. The molecule has 15 aromatic rings. The van der Waals surface area contributed by atoms with Crippen LogP contribution in [0.5, 0.6) is 11.5 Å². The zero-order chi connectivity index (χ0) is 54.6. The number of aryl methyl sites for hydroxylation is 1. The van der Waals surface area contributed by atoms with E-state index in [2.05, 4.69) is 173 Å². The summed E-state index contributed by atoms with van der Waals surface area (Å²) >= 11 is 3.24. The van der Waals surface area contributed by atoms with Gasteiger partial charge in [-0.3, -0.25) is 0 Å². The van der Waals surface area contributed by atoms with Crippen LogP contribution in [0.15, 0.2) is 261 Å². The van der Waals surface area contributed by atoms with Crippen LogP contribution in [0, 0.1) is 18.3 Å². The van der Waals surface area contributed by atoms with Crippen molar-refractivity contribution in [1.29, 1.82) is 5.26 Å². The smallest absolute Gasteiger partial charge is 0.872 e. The van der Waals surface area contributed by atoms with Gasteiger partial charge >= 0.3 is 10.1 Å². The first-order valence-electron chi connectivity index (χ1n) is 26.9. The second kappa shape index (κ2) is 21.2. The number of hydrogen-bond donors (Lipinski definition) is 0. The molecule has 0 radical (unpaired) electrons. The number of nitrogens with one attached hydrogen (secondary N) is 2. The molecule has 0 amide bonds. The second-order valence-corrected chi connectivity index (χ2v) is 22.6. The van der Waals surface area contributed by atoms with E-state index in [1.165, 1.54) is 55.2 Å². The van der Waals surface area contributed by atoms with Gasteiger partial charge in [-0.05, 0) is 129 Å². The number of rotatable bonds is 5. The van der Waals surface area contributed by atoms with E-state index in [1.807, 2.05) is 103 Å². The summed E-state index contributed by atoms with van der Waals surface area (Å²) in [6.07, 6.45) is 0. The van der Waals surface area contributed by atoms with Crippen LogP contribution in [0.1, 0.15) is 33.4 Å². The molecule has 6 nitrogen and oxygen atoms in total. The summed E-state index contributed by atoms with van der Waals surface area (Å²) in [5, 5.41) is 42.8. The number of aromatic nitrogens is 3. The molecule has 16 rings (SSSR count). The van der Waals surface area contributed by atoms with Gasteiger partial charge in [0.15, 0.2) is 0 Å². The number of benzene rings is 12. The summed E-state index contributed by atoms with van der Waals surface area (Å²) in [7, 11) is 0. The molecule has 12 aromatic carbocycles. The fraction of sp³-hybridized carbons (Fsp3) is 0.0274. The predicted molar refractivity (Wildman–Crippen MR) is 335 cm³/mol. The third-order valence-corrected chi connectivity index (χ3v) is 17.9. The molecule has 82 heavy (non-hydrogen) atoms. The minimum absolute atomic E-state index is 0. The van der Waals surface area contributed by atoms with Crippen molar-refractivity contribution in [3.63, 3.8) is 0 Å². The van der Waals surface area contributed by atoms with Gasteiger partial charge in [-0.2, -0.15) is 15.2 Å². The predicted octanol–water partition coefficient (Wildman–Crippen LogP) is 16.2. The molecule has 3 heterocycles. The van der Waals surface area contributed by atoms with Gasteiger partial charge in [0, 0.05) is 28.6 Å². The first-order valence-corrected chi connectivity index (χ1v) is 28.5. The molecule has 9 heteroatoms. The Morgan fingerprint density at radius 2 is 0.927 bits per heavy atom. The van der Waals surface area contributed by atoms with E-state index < -0.39 is 5.41 Å². The Labute approximate surface area is 485 Å². The van der Waals surface area contributed by atoms with Crippen molar-refractivity contribution in [2.75, 3.05) is 0 Å². The molecular formula is C73H48BeN4O2S2+2. The zero-order valence-electron chi connectivity index (χ0n) is 44.6. The summed E-state index contributed by atoms with van der Waals surface area (Å²) < 4.78 is 4.69. The van der Waals surface area contributed by atoms with E-state index in [4.69, 9.17) is 0 Å². The standard InChI is InChI=1S/C39H26N2.2C17H11NOS.Be/c1-26-15-18-28(19-16-26)39(35-13-7-5-11-31(35)33-23-27(25-40)17-21-36(33)39)29-20-22-38-34(24-29)32-12-6-8-14-37(32)41(38)30-9-3-2-4-10-30;2*19-15-10-12-6-2-1-5-11(12)9-13(15)17-18-14-7-3-4-8-16(14)20-17;/h2-24H,1H3;2*1-10,19H;/q;;;+2. The van der Waals surface area contributed by atoms with Crippen molar-refractivity contribution in [1.82, 2.24) is 4.57 Å². The third-order valence-electron chi connectivity index (χ3n) is 15.7. The van der Waals surface area contributed by atoms with Crippen molar-refractivity contribution in [3.05, 3.63) is 294 Å². The molecule has 2 N–H and O–H groups in total. The van der Waals surface area contributed by atoms with Gasteiger partial charge in [-0.1, -0.05) is 222 Å². The van der Waals surface area contributed by atoms with Crippen molar-refractivity contribution < 1.29 is 20.2 Å². The summed E-state index contributed by atoms with van der Waals surface area (Å²) in [6.45, 7) is 2.14. The van der Waals surface area contributed by atoms with Gasteiger partial charge in [0.2, 0.25) is 11.0 Å². The topological polar surface area (TPSA) is 103 Å². The van der Waals surface area contributed by atoms with E-state index in [0.29, 0.717) is 5.56 Å². The zero-order valence-corrected chi connectivity index (χ0v) is 46.2. The number of hydrogen-bond acceptors (Lipinski definition) is 5. The normalized spacial score (nSPS) is 13.2. The maximum Gasteiger partial charge on any atom is 2.00 e. The number of fused-ring (bicyclic) bond motifs is 10. The molecule has 1 atom stereocenters. The quantitative estimate of drug-likeness (QED) is 0.160. The fourth-order valence-corrected chi connectivity index (χ4v) is 13.9. The first-order chi connectivity index (χ1) is 39.8. The van der Waals surface area contributed by atoms with E-state index in [-0.39, 0.29) is 21.6 Å². The van der Waals surface area contributed by atoms with Crippen LogP contribution >= 0.6 is 22.7 Å². The summed E-state index contributed by atoms with van der Waals surface area (Å²) in [5.41, 5.74) is 15.8. The average molecular weight is 1090 g/mol. The van der Waals surface area contributed by atoms with Crippen molar-refractivity contribution >= 4 is 96.6 Å². The molecule has 3 aromatic heterocycles. The van der Waals surface area contributed by atoms with Crippen LogP contribution in [0.25, 0.3) is 102 Å². The van der Waals surface area contributed by atoms with Gasteiger partial charge < -0.3 is 14.8 Å². The molecule has 1 aliphatic rings. The SMILES string of the molecule is Cc1ccc(C2(c3ccc4c(c3)c3ccccc3n4-c3ccccc3)c3ccccc3-c3cc(C#N)ccc32)cc1.[Be+2].[O-]c1cc2ccccc2cc1-c1[nH+]c2ccccc2s1.[O-]c1cc2ccccc2cc1-c1[nH+]c2ccccc2s1. The third kappa shape index (κ3) is 8.85. The number of nitriles is 1. The number of aromatic amines is 2. The first kappa shape index (κ1) is 51.4. The van der Waals surface area contributed by atoms with Crippen LogP contribution in [0.3, 0.4) is 0 Å². The summed E-state index contributed by atoms with van der Waals surface area (Å²) in [5.74, 6) is 0.123. The van der Waals surface area contributed by atoms with E-state index >= 15 is 0 Å². The molecule has 0 saturated carbocycles. The minimum atomic E-state index is -0.516. The molecule has 0 fully saturated rings. The molecule has 0 aliphatic heterocycles. The largest absolute Gasteiger partial charge is 2.00 e. The van der Waals surface area contributed by atoms with Crippen LogP contribution in [-0.4, -0.2) is 14.7 Å². The molecule has 384 valence electrons. The van der Waals surface area contributed by atoms with Crippen LogP contribution in [0.4, 0.5) is 0 Å². The summed E-state index contributed by atoms with van der Waals surface area (Å²) in [6, 6.07) is 91.9. The van der Waals surface area contributed by atoms with Gasteiger partial charge in [-0.15, -0.1) is 0 Å². The number of thiazole rings is 2. The maximum absolute atomic E-state index is 12.3. The minimum Gasteiger partial charge on any atom is -0.872 e. The van der Waals surface area contributed by atoms with Crippen LogP contribution < -0.4 is 20.2 Å². The second-order valence-electron chi connectivity index (χ2n) is 20.4. The molecule has 0 spiro atoms. The number of H-pyrrole nitrogens is 2. The van der Waals surface area contributed by atoms with Gasteiger partial charge in [0.1, 0.15) is 9.40 Å². The van der Waals surface area contributed by atoms with E-state index in [1.54, 1.807) is 34.8 Å². The Morgan fingerprint density at radius 1 is 0.427 bits per heavy atom. The van der Waals surface area contributed by atoms with Crippen molar-refractivity contribution in [2.45, 2.75) is 12.3 Å². The molecule has 0 saturated heterocycles. The van der Waals surface area contributed by atoms with E-state index in [9.17, 15) is 15.5 Å². The average Bonchev–Trinajstić information content (AvgIpc) is 3.87. The Kier molecular flexibility index (Phi) is 13.3. The monoisotopic (exact) mass is 1090 g/mol. The Bertz CT molecular complexity index is 4740. The molecule has 1 unspecified atom stereocenters. The van der Waals surface area contributed by atoms with Crippen LogP contribution in [0.2, 0.25) is 0 Å². The van der Waals surface area contributed by atoms with E-state index in [0.717, 1.165) is 74.4 Å². The maximum atomic E-state index is 12.3. The molecule has 1 aliphatic carbocycles. The van der Waals surface area contributed by atoms with Gasteiger partial charge in [0.05, 0.1) is 39.2 Å². The Morgan fingerprint density at radius 3 is 1.54 bits per heavy atom. The fourth-order valence-electron chi connectivity index (χ4n) is 11.9. The van der Waals surface area contributed by atoms with Gasteiger partial charge in [-0.25, -0.2) is 0 Å². The Hall–Kier alpha value is -10.0. The number of nitrogens with zero attached hydrogens (tertiary/aromatic N) is 2. The number of para-hydroxylation sites is 4. The van der Waals surface area contributed by atoms with Crippen molar-refractivity contribution in [3.8, 4) is 55.5 Å². The molecule has 0 bridgehead atoms. The van der Waals surface area contributed by atoms with Crippen LogP contribution in [-0.2, 0) is 5.41 Å². The summed E-state index contributed by atoms with van der Waals surface area (Å²) in [4.78, 5) is 6.67. The van der Waals surface area contributed by atoms with Gasteiger partial charge in [0.25, 0.3) is 10.0 Å².